The molecule has 0 spiro atoms. The Morgan fingerprint density at radius 1 is 1.29 bits per heavy atom. The molecule has 1 aromatic rings. The first-order chi connectivity index (χ1) is 6.79. The van der Waals surface area contributed by atoms with E-state index in [0.29, 0.717) is 6.54 Å². The highest BCUT2D eigenvalue weighted by Gasteiger charge is 2.18. The van der Waals surface area contributed by atoms with Crippen molar-refractivity contribution in [2.24, 2.45) is 5.92 Å². The maximum atomic E-state index is 9.91. The Morgan fingerprint density at radius 3 is 2.43 bits per heavy atom. The number of aliphatic hydroxyl groups excluding tert-OH is 2. The van der Waals surface area contributed by atoms with Crippen LogP contribution in [0.15, 0.2) is 30.3 Å². The van der Waals surface area contributed by atoms with E-state index in [1.807, 2.05) is 30.3 Å². The summed E-state index contributed by atoms with van der Waals surface area (Å²) in [5.74, 6) is -0.151. The van der Waals surface area contributed by atoms with E-state index in [1.54, 1.807) is 7.05 Å². The maximum Gasteiger partial charge on any atom is 0.0852 e. The topological polar surface area (TPSA) is 52.5 Å². The first kappa shape index (κ1) is 11.2. The quantitative estimate of drug-likeness (QED) is 0.643. The van der Waals surface area contributed by atoms with Crippen LogP contribution < -0.4 is 5.32 Å². The molecule has 0 aliphatic heterocycles. The predicted molar refractivity (Wildman–Crippen MR) is 55.9 cm³/mol. The van der Waals surface area contributed by atoms with Gasteiger partial charge in [0.15, 0.2) is 0 Å². The lowest BCUT2D eigenvalue weighted by atomic mass is 9.96. The Labute approximate surface area is 84.4 Å². The Morgan fingerprint density at radius 2 is 1.93 bits per heavy atom. The van der Waals surface area contributed by atoms with Crippen molar-refractivity contribution < 1.29 is 10.2 Å². The van der Waals surface area contributed by atoms with E-state index in [4.69, 9.17) is 5.11 Å². The lowest BCUT2D eigenvalue weighted by molar-refractivity contribution is 0.0676. The molecule has 0 bridgehead atoms. The highest BCUT2D eigenvalue weighted by Crippen LogP contribution is 2.20. The van der Waals surface area contributed by atoms with Crippen molar-refractivity contribution in [3.8, 4) is 0 Å². The van der Waals surface area contributed by atoms with E-state index in [2.05, 4.69) is 5.32 Å². The molecule has 0 saturated carbocycles. The molecule has 78 valence electrons. The van der Waals surface area contributed by atoms with Crippen molar-refractivity contribution in [3.63, 3.8) is 0 Å². The smallest absolute Gasteiger partial charge is 0.0852 e. The van der Waals surface area contributed by atoms with Crippen LogP contribution in [-0.2, 0) is 0 Å². The fraction of sp³-hybridized carbons (Fsp3) is 0.455. The summed E-state index contributed by atoms with van der Waals surface area (Å²) in [5.41, 5.74) is 0.849. The molecule has 1 rings (SSSR count). The molecule has 2 atom stereocenters. The van der Waals surface area contributed by atoms with Gasteiger partial charge in [-0.15, -0.1) is 0 Å². The van der Waals surface area contributed by atoms with Gasteiger partial charge in [0.05, 0.1) is 6.10 Å². The number of nitrogens with one attached hydrogen (secondary N) is 1. The third-order valence-corrected chi connectivity index (χ3v) is 2.29. The van der Waals surface area contributed by atoms with E-state index in [-0.39, 0.29) is 12.5 Å². The zero-order valence-electron chi connectivity index (χ0n) is 8.35. The van der Waals surface area contributed by atoms with Gasteiger partial charge in [0.2, 0.25) is 0 Å². The van der Waals surface area contributed by atoms with Gasteiger partial charge in [-0.1, -0.05) is 30.3 Å². The summed E-state index contributed by atoms with van der Waals surface area (Å²) < 4.78 is 0. The van der Waals surface area contributed by atoms with Crippen molar-refractivity contribution in [2.45, 2.75) is 6.10 Å². The van der Waals surface area contributed by atoms with Crippen molar-refractivity contribution in [3.05, 3.63) is 35.9 Å². The van der Waals surface area contributed by atoms with E-state index < -0.39 is 6.10 Å². The maximum absolute atomic E-state index is 9.91. The van der Waals surface area contributed by atoms with Crippen LogP contribution in [0.1, 0.15) is 11.7 Å². The third kappa shape index (κ3) is 2.80. The zero-order valence-corrected chi connectivity index (χ0v) is 8.35. The highest BCUT2D eigenvalue weighted by molar-refractivity contribution is 5.18. The fourth-order valence-corrected chi connectivity index (χ4v) is 1.46. The number of rotatable bonds is 5. The number of hydrogen-bond donors (Lipinski definition) is 3. The molecule has 1 unspecified atom stereocenters. The molecule has 3 N–H and O–H groups in total. The summed E-state index contributed by atoms with van der Waals surface area (Å²) in [4.78, 5) is 0. The average Bonchev–Trinajstić information content (AvgIpc) is 2.26. The molecule has 0 radical (unpaired) electrons. The molecule has 0 fully saturated rings. The Bertz CT molecular complexity index is 251. The normalized spacial score (nSPS) is 15.1. The molecule has 1 aromatic carbocycles. The molecule has 3 nitrogen and oxygen atoms in total. The Hall–Kier alpha value is -0.900. The van der Waals surface area contributed by atoms with E-state index in [0.717, 1.165) is 5.56 Å². The van der Waals surface area contributed by atoms with E-state index in [9.17, 15) is 5.11 Å². The molecular weight excluding hydrogens is 178 g/mol. The van der Waals surface area contributed by atoms with Gasteiger partial charge in [-0.2, -0.15) is 0 Å². The molecule has 0 amide bonds. The molecule has 0 aliphatic carbocycles. The second-order valence-corrected chi connectivity index (χ2v) is 3.36. The minimum absolute atomic E-state index is 0.0170. The van der Waals surface area contributed by atoms with Gasteiger partial charge < -0.3 is 15.5 Å². The van der Waals surface area contributed by atoms with Crippen LogP contribution in [0.2, 0.25) is 0 Å². The molecule has 0 saturated heterocycles. The average molecular weight is 195 g/mol. The van der Waals surface area contributed by atoms with Crippen molar-refractivity contribution in [1.29, 1.82) is 0 Å². The summed E-state index contributed by atoms with van der Waals surface area (Å²) in [6.07, 6.45) is -0.603. The molecule has 14 heavy (non-hydrogen) atoms. The minimum Gasteiger partial charge on any atom is -0.396 e. The van der Waals surface area contributed by atoms with Crippen LogP contribution >= 0.6 is 0 Å². The third-order valence-electron chi connectivity index (χ3n) is 2.29. The second-order valence-electron chi connectivity index (χ2n) is 3.36. The number of aliphatic hydroxyl groups is 2. The summed E-state index contributed by atoms with van der Waals surface area (Å²) in [6.45, 7) is 0.587. The number of hydrogen-bond acceptors (Lipinski definition) is 3. The highest BCUT2D eigenvalue weighted by atomic mass is 16.3. The first-order valence-electron chi connectivity index (χ1n) is 4.78. The van der Waals surface area contributed by atoms with Gasteiger partial charge >= 0.3 is 0 Å². The monoisotopic (exact) mass is 195 g/mol. The summed E-state index contributed by atoms with van der Waals surface area (Å²) in [7, 11) is 1.81. The minimum atomic E-state index is -0.603. The van der Waals surface area contributed by atoms with Crippen LogP contribution in [0.5, 0.6) is 0 Å². The molecule has 0 aromatic heterocycles. The standard InChI is InChI=1S/C11H17NO2/c1-12-7-10(8-13)11(14)9-5-3-2-4-6-9/h2-6,10-14H,7-8H2,1H3/t10-,11?/m0/s1. The van der Waals surface area contributed by atoms with Gasteiger partial charge in [-0.05, 0) is 12.6 Å². The molecule has 0 aliphatic rings. The van der Waals surface area contributed by atoms with Gasteiger partial charge in [-0.25, -0.2) is 0 Å². The summed E-state index contributed by atoms with van der Waals surface area (Å²) in [5, 5.41) is 21.9. The second kappa shape index (κ2) is 5.75. The van der Waals surface area contributed by atoms with Crippen LogP contribution in [0.3, 0.4) is 0 Å². The van der Waals surface area contributed by atoms with Gasteiger partial charge in [0.1, 0.15) is 0 Å². The largest absolute Gasteiger partial charge is 0.396 e. The van der Waals surface area contributed by atoms with Crippen LogP contribution in [0, 0.1) is 5.92 Å². The first-order valence-corrected chi connectivity index (χ1v) is 4.78. The van der Waals surface area contributed by atoms with E-state index in [1.165, 1.54) is 0 Å². The van der Waals surface area contributed by atoms with Crippen molar-refractivity contribution in [2.75, 3.05) is 20.2 Å². The Balaban J connectivity index is 2.67. The predicted octanol–water partition coefficient (Wildman–Crippen LogP) is 0.548. The molecular formula is C11H17NO2. The van der Waals surface area contributed by atoms with Crippen LogP contribution in [0.25, 0.3) is 0 Å². The van der Waals surface area contributed by atoms with Crippen LogP contribution in [0.4, 0.5) is 0 Å². The summed E-state index contributed by atoms with van der Waals surface area (Å²) in [6, 6.07) is 9.40. The Kier molecular flexibility index (Phi) is 4.59. The van der Waals surface area contributed by atoms with Gasteiger partial charge in [0.25, 0.3) is 0 Å². The van der Waals surface area contributed by atoms with Crippen molar-refractivity contribution in [1.82, 2.24) is 5.32 Å². The molecule has 3 heteroatoms. The fourth-order valence-electron chi connectivity index (χ4n) is 1.46. The number of benzene rings is 1. The molecule has 0 heterocycles. The lowest BCUT2D eigenvalue weighted by Gasteiger charge is -2.20. The zero-order chi connectivity index (χ0) is 10.4. The van der Waals surface area contributed by atoms with E-state index >= 15 is 0 Å². The lowest BCUT2D eigenvalue weighted by Crippen LogP contribution is -2.27. The SMILES string of the molecule is CNC[C@@H](CO)C(O)c1ccccc1. The van der Waals surface area contributed by atoms with Gasteiger partial charge in [-0.3, -0.25) is 0 Å². The van der Waals surface area contributed by atoms with Crippen LogP contribution in [-0.4, -0.2) is 30.4 Å². The van der Waals surface area contributed by atoms with Gasteiger partial charge in [0, 0.05) is 19.1 Å². The van der Waals surface area contributed by atoms with Crippen molar-refractivity contribution >= 4 is 0 Å². The summed E-state index contributed by atoms with van der Waals surface area (Å²) >= 11 is 0.